The Balaban J connectivity index is 0.00000125. The van der Waals surface area contributed by atoms with E-state index in [4.69, 9.17) is 33.7 Å². The molecule has 0 saturated heterocycles. The smallest absolute Gasteiger partial charge is 0.192 e. The molecule has 0 spiro atoms. The van der Waals surface area contributed by atoms with Crippen molar-refractivity contribution in [3.63, 3.8) is 0 Å². The Morgan fingerprint density at radius 1 is 0.485 bits per heavy atom. The molecule has 554 valence electrons. The quantitative estimate of drug-likeness (QED) is 0.0203. The number of carbonyl (C=O) groups excluding carboxylic acids is 3. The van der Waals surface area contributed by atoms with E-state index in [9.17, 15) is 14.4 Å². The van der Waals surface area contributed by atoms with E-state index in [2.05, 4.69) is 208 Å². The lowest BCUT2D eigenvalue weighted by Crippen LogP contribution is -2.43. The average Bonchev–Trinajstić information content (AvgIpc) is 1.41. The van der Waals surface area contributed by atoms with E-state index in [1.54, 1.807) is 18.2 Å². The molecule has 0 aromatic rings. The van der Waals surface area contributed by atoms with Crippen molar-refractivity contribution < 1.29 is 48.1 Å². The van der Waals surface area contributed by atoms with Crippen molar-refractivity contribution in [3.05, 3.63) is 145 Å². The second-order valence-corrected chi connectivity index (χ2v) is 45.5. The van der Waals surface area contributed by atoms with Gasteiger partial charge < -0.3 is 33.7 Å². The van der Waals surface area contributed by atoms with Gasteiger partial charge in [0.15, 0.2) is 42.3 Å². The predicted octanol–water partition coefficient (Wildman–Crippen LogP) is 22.3. The normalized spacial score (nSPS) is 20.8. The molecule has 1 unspecified atom stereocenters. The van der Waals surface area contributed by atoms with Crippen molar-refractivity contribution >= 4 is 42.3 Å². The molecule has 6 atom stereocenters. The summed E-state index contributed by atoms with van der Waals surface area (Å²) in [4.78, 5) is 36.5. The molecule has 0 aromatic heterocycles. The lowest BCUT2D eigenvalue weighted by atomic mass is 9.96. The number of aliphatic hydroxyl groups is 4. The lowest BCUT2D eigenvalue weighted by Gasteiger charge is -2.39. The first-order chi connectivity index (χ1) is 45.8. The summed E-state index contributed by atoms with van der Waals surface area (Å²) in [7, 11) is -5.43. The SMILES string of the molecule is C=CC[C@H]1C=CC(=O)/C1=C/C[C@H](CCCCC)O[Si](C)(C)C(C)(C)C.CC(C)(C)[Si](C)(C)O[C@H]1C/C=C\CC2C=CC(=O)/C2=C/C1.CC/C=C\CCCCO.CC/C=C\C[C@@H](C/C=C1/C(=O)C=C[C@@H]1C/C=C\CCCCO)O[Si](C)(C)C(C)(C)C.OCCCC/C=C\CCCCO. The first-order valence-corrected chi connectivity index (χ1v) is 46.6. The lowest BCUT2D eigenvalue weighted by molar-refractivity contribution is -0.112. The van der Waals surface area contributed by atoms with Crippen LogP contribution in [0.25, 0.3) is 0 Å². The van der Waals surface area contributed by atoms with E-state index >= 15 is 0 Å². The third-order valence-corrected chi connectivity index (χ3v) is 33.2. The Morgan fingerprint density at radius 3 is 1.36 bits per heavy atom. The summed E-state index contributed by atoms with van der Waals surface area (Å²) in [5, 5.41) is 34.8. The summed E-state index contributed by atoms with van der Waals surface area (Å²) in [6.07, 6.45) is 67.8. The van der Waals surface area contributed by atoms with Crippen molar-refractivity contribution in [2.75, 3.05) is 26.4 Å². The van der Waals surface area contributed by atoms with Crippen LogP contribution >= 0.6 is 0 Å². The minimum absolute atomic E-state index is 0.115. The number of aliphatic hydroxyl groups excluding tert-OH is 4. The molecule has 4 N–H and O–H groups in total. The summed E-state index contributed by atoms with van der Waals surface area (Å²) >= 11 is 0. The van der Waals surface area contributed by atoms with Gasteiger partial charge in [-0.15, -0.1) is 6.58 Å². The maximum absolute atomic E-state index is 12.4. The van der Waals surface area contributed by atoms with Crippen molar-refractivity contribution in [3.8, 4) is 0 Å². The van der Waals surface area contributed by atoms with Gasteiger partial charge >= 0.3 is 0 Å². The number of allylic oxidation sites excluding steroid dienone is 18. The summed E-state index contributed by atoms with van der Waals surface area (Å²) in [5.74, 6) is 1.14. The highest BCUT2D eigenvalue weighted by atomic mass is 28.4. The maximum atomic E-state index is 12.4. The third-order valence-electron chi connectivity index (χ3n) is 19.6. The largest absolute Gasteiger partial charge is 0.414 e. The number of unbranched alkanes of at least 4 members (excludes halogenated alkanes) is 10. The molecular weight excluding hydrogens is 1250 g/mol. The van der Waals surface area contributed by atoms with Gasteiger partial charge in [-0.1, -0.05) is 206 Å². The molecule has 0 radical (unpaired) electrons. The van der Waals surface area contributed by atoms with Gasteiger partial charge in [-0.3, -0.25) is 14.4 Å². The first-order valence-electron chi connectivity index (χ1n) is 37.9. The molecule has 4 aliphatic carbocycles. The van der Waals surface area contributed by atoms with E-state index in [1.807, 2.05) is 24.3 Å². The minimum atomic E-state index is -1.87. The van der Waals surface area contributed by atoms with Gasteiger partial charge in [-0.05, 0) is 220 Å². The number of rotatable bonds is 38. The molecule has 4 aliphatic rings. The van der Waals surface area contributed by atoms with Crippen LogP contribution in [0.15, 0.2) is 145 Å². The van der Waals surface area contributed by atoms with Crippen molar-refractivity contribution in [1.82, 2.24) is 0 Å². The number of ketones is 3. The zero-order valence-corrected chi connectivity index (χ0v) is 68.2. The predicted molar refractivity (Wildman–Crippen MR) is 425 cm³/mol. The van der Waals surface area contributed by atoms with E-state index in [-0.39, 0.29) is 75.1 Å². The molecular formula is C84H146O10Si3. The van der Waals surface area contributed by atoms with Crippen LogP contribution in [0.2, 0.25) is 54.4 Å². The second-order valence-electron chi connectivity index (χ2n) is 31.2. The zero-order valence-electron chi connectivity index (χ0n) is 65.2. The van der Waals surface area contributed by atoms with Crippen LogP contribution in [-0.2, 0) is 27.7 Å². The van der Waals surface area contributed by atoms with E-state index in [0.29, 0.717) is 19.8 Å². The van der Waals surface area contributed by atoms with E-state index in [0.717, 1.165) is 164 Å². The molecule has 0 heterocycles. The Morgan fingerprint density at radius 2 is 0.907 bits per heavy atom. The fraction of sp³-hybridized carbons (Fsp3) is 0.679. The van der Waals surface area contributed by atoms with Crippen LogP contribution in [0, 0.1) is 17.8 Å². The zero-order chi connectivity index (χ0) is 73.4. The monoisotopic (exact) mass is 1400 g/mol. The molecule has 10 nitrogen and oxygen atoms in total. The van der Waals surface area contributed by atoms with Gasteiger partial charge in [-0.25, -0.2) is 0 Å². The van der Waals surface area contributed by atoms with Gasteiger partial charge in [0.1, 0.15) is 0 Å². The Labute approximate surface area is 598 Å². The highest BCUT2D eigenvalue weighted by Gasteiger charge is 2.41. The van der Waals surface area contributed by atoms with Crippen LogP contribution in [0.4, 0.5) is 0 Å². The Hall–Kier alpha value is -3.74. The molecule has 0 saturated carbocycles. The summed E-state index contributed by atoms with van der Waals surface area (Å²) < 4.78 is 19.9. The topological polar surface area (TPSA) is 160 Å². The average molecular weight is 1400 g/mol. The van der Waals surface area contributed by atoms with Gasteiger partial charge in [0, 0.05) is 67.0 Å². The molecule has 0 aromatic carbocycles. The molecule has 4 rings (SSSR count). The minimum Gasteiger partial charge on any atom is -0.414 e. The van der Waals surface area contributed by atoms with Crippen molar-refractivity contribution in [1.29, 1.82) is 0 Å². The molecule has 0 bridgehead atoms. The number of hydrogen-bond donors (Lipinski definition) is 4. The van der Waals surface area contributed by atoms with Gasteiger partial charge in [0.05, 0.1) is 12.2 Å². The number of carbonyl (C=O) groups is 3. The Bertz CT molecular complexity index is 2500. The molecule has 0 aliphatic heterocycles. The fourth-order valence-electron chi connectivity index (χ4n) is 10.4. The highest BCUT2D eigenvalue weighted by Crippen LogP contribution is 2.41. The van der Waals surface area contributed by atoms with Gasteiger partial charge in [0.2, 0.25) is 0 Å². The van der Waals surface area contributed by atoms with Gasteiger partial charge in [-0.2, -0.15) is 0 Å². The highest BCUT2D eigenvalue weighted by molar-refractivity contribution is 6.75. The summed E-state index contributed by atoms with van der Waals surface area (Å²) in [5.41, 5.74) is 2.81. The molecule has 97 heavy (non-hydrogen) atoms. The standard InChI is InChI=1S/C26H44O3Si.C22H38O2Si.C18H28O2Si.C10H20O2.C8H16O/c1-7-8-12-16-23(29-30(5,6)26(2,3)4)18-19-24-22(17-20-25(24)28)15-13-10-9-11-14-21-27;1-8-10-11-13-19(24-25(6,7)22(3,4)5)15-16-20-18(12-9-2)14-17-21(20)23;1-18(2,3)21(4,5)20-15-9-7-6-8-14-10-13-17(19)16(14)12-11-15;11-9-7-5-3-1-2-4-6-8-10-12;1-2-3-4-5-6-7-8-9/h8,10,12-13,17,19-20,22-23,27H,7,9,11,14-16,18,21H2,1-6H3;9,14,16-19H,2,8,10-13,15H2,1,3-7H3;6-7,10,12-15H,8-9,11H2,1-5H3;1-2,11-12H,3-10H2;3-4,9H,2,5-8H2,1H3/b12-8-,13-10-,24-19+;20-16+;7-6-,16-12+;2-1-;4-3-/t22-,23-;18-,19-;14?,15-;;/m000../s1. The van der Waals surface area contributed by atoms with Crippen molar-refractivity contribution in [2.45, 2.75) is 323 Å². The van der Waals surface area contributed by atoms with Crippen LogP contribution in [0.1, 0.15) is 250 Å². The van der Waals surface area contributed by atoms with Crippen LogP contribution in [0.3, 0.4) is 0 Å². The van der Waals surface area contributed by atoms with Crippen LogP contribution in [0.5, 0.6) is 0 Å². The Kier molecular flexibility index (Phi) is 50.2. The van der Waals surface area contributed by atoms with Crippen LogP contribution < -0.4 is 0 Å². The first kappa shape index (κ1) is 93.3. The second kappa shape index (κ2) is 52.3. The fourth-order valence-corrected chi connectivity index (χ4v) is 14.5. The van der Waals surface area contributed by atoms with E-state index in [1.165, 1.54) is 19.3 Å². The van der Waals surface area contributed by atoms with E-state index < -0.39 is 25.0 Å². The number of hydrogen-bond acceptors (Lipinski definition) is 10. The summed E-state index contributed by atoms with van der Waals surface area (Å²) in [6.45, 7) is 45.8. The number of fused-ring (bicyclic) bond motifs is 1. The molecule has 0 fully saturated rings. The van der Waals surface area contributed by atoms with Crippen LogP contribution in [-0.4, -0.2) is 107 Å². The molecule has 0 amide bonds. The third kappa shape index (κ3) is 41.1. The van der Waals surface area contributed by atoms with Gasteiger partial charge in [0.25, 0.3) is 0 Å². The van der Waals surface area contributed by atoms with Crippen molar-refractivity contribution in [2.24, 2.45) is 17.8 Å². The molecule has 13 heteroatoms. The maximum Gasteiger partial charge on any atom is 0.192 e. The summed E-state index contributed by atoms with van der Waals surface area (Å²) in [6, 6.07) is 0.